The molecule has 0 unspecified atom stereocenters. The summed E-state index contributed by atoms with van der Waals surface area (Å²) in [5.74, 6) is 0. The minimum Gasteiger partial charge on any atom is -0.355 e. The Morgan fingerprint density at radius 1 is 1.20 bits per heavy atom. The van der Waals surface area contributed by atoms with Crippen molar-refractivity contribution in [1.82, 2.24) is 14.5 Å². The Morgan fingerprint density at radius 2 is 1.95 bits per heavy atom. The normalized spacial score (nSPS) is 11.1. The molecule has 0 saturated carbocycles. The summed E-state index contributed by atoms with van der Waals surface area (Å²) in [5.41, 5.74) is 3.31. The zero-order valence-corrected chi connectivity index (χ0v) is 12.0. The molecule has 0 aliphatic rings. The van der Waals surface area contributed by atoms with Gasteiger partial charge >= 0.3 is 0 Å². The number of fused-ring (bicyclic) bond motifs is 1. The molecule has 0 fully saturated rings. The first-order valence-electron chi connectivity index (χ1n) is 6.62. The highest BCUT2D eigenvalue weighted by atomic mass is 32.1. The molecule has 0 atom stereocenters. The van der Waals surface area contributed by atoms with E-state index in [1.807, 2.05) is 43.5 Å². The second kappa shape index (κ2) is 5.09. The maximum atomic E-state index is 12.4. The van der Waals surface area contributed by atoms with Crippen molar-refractivity contribution in [3.63, 3.8) is 0 Å². The Labute approximate surface area is 121 Å². The van der Waals surface area contributed by atoms with Crippen LogP contribution in [0.15, 0.2) is 41.3 Å². The van der Waals surface area contributed by atoms with Gasteiger partial charge in [-0.2, -0.15) is 0 Å². The van der Waals surface area contributed by atoms with E-state index < -0.39 is 0 Å². The summed E-state index contributed by atoms with van der Waals surface area (Å²) in [5, 5.41) is 0. The van der Waals surface area contributed by atoms with Crippen LogP contribution >= 0.6 is 12.2 Å². The maximum Gasteiger partial charge on any atom is 0.278 e. The molecule has 0 aliphatic carbocycles. The van der Waals surface area contributed by atoms with Crippen LogP contribution in [-0.4, -0.2) is 14.5 Å². The highest BCUT2D eigenvalue weighted by Crippen LogP contribution is 2.25. The van der Waals surface area contributed by atoms with E-state index in [4.69, 9.17) is 12.2 Å². The second-order valence-electron chi connectivity index (χ2n) is 4.71. The van der Waals surface area contributed by atoms with Crippen molar-refractivity contribution in [1.29, 1.82) is 0 Å². The molecule has 3 rings (SSSR count). The van der Waals surface area contributed by atoms with Gasteiger partial charge in [0.25, 0.3) is 5.56 Å². The Hall–Kier alpha value is -2.14. The van der Waals surface area contributed by atoms with E-state index in [-0.39, 0.29) is 5.56 Å². The summed E-state index contributed by atoms with van der Waals surface area (Å²) in [6, 6.07) is 9.94. The second-order valence-corrected chi connectivity index (χ2v) is 5.09. The van der Waals surface area contributed by atoms with Crippen LogP contribution in [0.25, 0.3) is 22.2 Å². The lowest BCUT2D eigenvalue weighted by atomic mass is 10.1. The van der Waals surface area contributed by atoms with Gasteiger partial charge in [0, 0.05) is 18.3 Å². The first-order valence-corrected chi connectivity index (χ1v) is 7.03. The molecule has 0 saturated heterocycles. The van der Waals surface area contributed by atoms with Gasteiger partial charge in [0.05, 0.1) is 5.52 Å². The monoisotopic (exact) mass is 285 g/mol. The first-order chi connectivity index (χ1) is 9.72. The van der Waals surface area contributed by atoms with E-state index >= 15 is 0 Å². The van der Waals surface area contributed by atoms with Crippen LogP contribution in [0.2, 0.25) is 0 Å². The lowest BCUT2D eigenvalue weighted by Crippen LogP contribution is -2.22. The largest absolute Gasteiger partial charge is 0.355 e. The number of aromatic amines is 2. The van der Waals surface area contributed by atoms with Gasteiger partial charge in [-0.1, -0.05) is 37.3 Å². The summed E-state index contributed by atoms with van der Waals surface area (Å²) in [6.07, 6.45) is 2.72. The molecule has 3 aromatic rings. The third-order valence-electron chi connectivity index (χ3n) is 3.35. The van der Waals surface area contributed by atoms with Gasteiger partial charge in [0.2, 0.25) is 0 Å². The lowest BCUT2D eigenvalue weighted by molar-refractivity contribution is 0.637. The molecule has 0 spiro atoms. The quantitative estimate of drug-likeness (QED) is 0.724. The minimum absolute atomic E-state index is 0.0622. The van der Waals surface area contributed by atoms with Crippen LogP contribution in [0.1, 0.15) is 13.3 Å². The van der Waals surface area contributed by atoms with Crippen LogP contribution in [-0.2, 0) is 6.54 Å². The van der Waals surface area contributed by atoms with Crippen LogP contribution in [0.3, 0.4) is 0 Å². The molecule has 2 heterocycles. The van der Waals surface area contributed by atoms with Gasteiger partial charge in [0.1, 0.15) is 5.52 Å². The summed E-state index contributed by atoms with van der Waals surface area (Å²) in [4.78, 5) is 18.7. The molecule has 2 aromatic heterocycles. The van der Waals surface area contributed by atoms with Crippen molar-refractivity contribution in [3.05, 3.63) is 51.7 Å². The van der Waals surface area contributed by atoms with Gasteiger partial charge in [-0.05, 0) is 24.2 Å². The van der Waals surface area contributed by atoms with Crippen molar-refractivity contribution in [2.75, 3.05) is 0 Å². The van der Waals surface area contributed by atoms with Crippen molar-refractivity contribution in [2.24, 2.45) is 0 Å². The fraction of sp³-hybridized carbons (Fsp3) is 0.200. The highest BCUT2D eigenvalue weighted by Gasteiger charge is 2.11. The molecule has 0 radical (unpaired) electrons. The topological polar surface area (TPSA) is 53.6 Å². The van der Waals surface area contributed by atoms with Gasteiger partial charge in [-0.15, -0.1) is 0 Å². The predicted molar refractivity (Wildman–Crippen MR) is 83.5 cm³/mol. The molecular formula is C15H15N3OS. The maximum absolute atomic E-state index is 12.4. The highest BCUT2D eigenvalue weighted by molar-refractivity contribution is 7.71. The summed E-state index contributed by atoms with van der Waals surface area (Å²) < 4.78 is 2.07. The number of nitrogens with one attached hydrogen (secondary N) is 2. The number of nitrogens with zero attached hydrogens (tertiary/aromatic N) is 1. The lowest BCUT2D eigenvalue weighted by Gasteiger charge is -2.05. The molecular weight excluding hydrogens is 270 g/mol. The molecule has 102 valence electrons. The number of aromatic nitrogens is 3. The minimum atomic E-state index is -0.0622. The zero-order chi connectivity index (χ0) is 14.1. The van der Waals surface area contributed by atoms with E-state index in [9.17, 15) is 4.79 Å². The van der Waals surface area contributed by atoms with Gasteiger partial charge in [-0.25, -0.2) is 0 Å². The van der Waals surface area contributed by atoms with Crippen molar-refractivity contribution < 1.29 is 0 Å². The fourth-order valence-electron chi connectivity index (χ4n) is 2.40. The van der Waals surface area contributed by atoms with E-state index in [1.54, 1.807) is 4.57 Å². The third-order valence-corrected chi connectivity index (χ3v) is 3.67. The van der Waals surface area contributed by atoms with Gasteiger partial charge in [-0.3, -0.25) is 9.36 Å². The molecule has 20 heavy (non-hydrogen) atoms. The molecule has 5 heteroatoms. The van der Waals surface area contributed by atoms with Crippen LogP contribution in [0, 0.1) is 4.77 Å². The number of hydrogen-bond donors (Lipinski definition) is 2. The van der Waals surface area contributed by atoms with Gasteiger partial charge in [0.15, 0.2) is 4.77 Å². The number of benzene rings is 1. The number of H-pyrrole nitrogens is 2. The molecule has 0 amide bonds. The Morgan fingerprint density at radius 3 is 2.65 bits per heavy atom. The summed E-state index contributed by atoms with van der Waals surface area (Å²) in [7, 11) is 0. The SMILES string of the molecule is CCCn1c(=S)[nH]c2c(-c3ccccc3)c[nH]c2c1=O. The fourth-order valence-corrected chi connectivity index (χ4v) is 2.67. The average molecular weight is 285 g/mol. The standard InChI is InChI=1S/C15H15N3OS/c1-2-8-18-14(19)13-12(17-15(18)20)11(9-16-13)10-6-4-3-5-7-10/h3-7,9,16H,2,8H2,1H3,(H,17,20). The Kier molecular flexibility index (Phi) is 3.28. The van der Waals surface area contributed by atoms with E-state index in [2.05, 4.69) is 9.97 Å². The summed E-state index contributed by atoms with van der Waals surface area (Å²) in [6.45, 7) is 2.65. The molecule has 0 aliphatic heterocycles. The first kappa shape index (κ1) is 12.9. The predicted octanol–water partition coefficient (Wildman–Crippen LogP) is 3.46. The van der Waals surface area contributed by atoms with Crippen LogP contribution < -0.4 is 5.56 Å². The molecule has 4 nitrogen and oxygen atoms in total. The van der Waals surface area contributed by atoms with E-state index in [0.717, 1.165) is 23.1 Å². The average Bonchev–Trinajstić information content (AvgIpc) is 2.88. The summed E-state index contributed by atoms with van der Waals surface area (Å²) >= 11 is 5.30. The third kappa shape index (κ3) is 2.00. The van der Waals surface area contributed by atoms with E-state index in [0.29, 0.717) is 16.8 Å². The number of hydrogen-bond acceptors (Lipinski definition) is 2. The van der Waals surface area contributed by atoms with Crippen LogP contribution in [0.4, 0.5) is 0 Å². The number of rotatable bonds is 3. The smallest absolute Gasteiger partial charge is 0.278 e. The van der Waals surface area contributed by atoms with Crippen molar-refractivity contribution in [3.8, 4) is 11.1 Å². The Bertz CT molecular complexity index is 858. The zero-order valence-electron chi connectivity index (χ0n) is 11.1. The molecule has 1 aromatic carbocycles. The van der Waals surface area contributed by atoms with Crippen molar-refractivity contribution >= 4 is 23.3 Å². The Balaban J connectivity index is 2.30. The van der Waals surface area contributed by atoms with Crippen LogP contribution in [0.5, 0.6) is 0 Å². The van der Waals surface area contributed by atoms with Gasteiger partial charge < -0.3 is 9.97 Å². The molecule has 0 bridgehead atoms. The van der Waals surface area contributed by atoms with E-state index in [1.165, 1.54) is 0 Å². The molecule has 2 N–H and O–H groups in total. The van der Waals surface area contributed by atoms with Crippen molar-refractivity contribution in [2.45, 2.75) is 19.9 Å².